The Bertz CT molecular complexity index is 1200. The molecule has 1 heterocycles. The van der Waals surface area contributed by atoms with E-state index in [-0.39, 0.29) is 6.61 Å². The van der Waals surface area contributed by atoms with Crippen molar-refractivity contribution in [1.29, 1.82) is 0 Å². The van der Waals surface area contributed by atoms with Gasteiger partial charge in [0, 0.05) is 0 Å². The van der Waals surface area contributed by atoms with E-state index in [4.69, 9.17) is 15.2 Å². The summed E-state index contributed by atoms with van der Waals surface area (Å²) in [5.74, 6) is 0.104. The van der Waals surface area contributed by atoms with Crippen LogP contribution in [0.25, 0.3) is 10.9 Å². The summed E-state index contributed by atoms with van der Waals surface area (Å²) >= 11 is 2.01. The summed E-state index contributed by atoms with van der Waals surface area (Å²) in [6.45, 7) is -0.290. The van der Waals surface area contributed by atoms with Gasteiger partial charge in [-0.05, 0) is 52.4 Å². The topological polar surface area (TPSA) is 129 Å². The zero-order valence-corrected chi connectivity index (χ0v) is 16.8. The first-order valence-corrected chi connectivity index (χ1v) is 9.05. The largest absolute Gasteiger partial charge is 0.493 e. The minimum absolute atomic E-state index is 0.290. The Hall–Kier alpha value is -3.15. The number of nitrogens with zero attached hydrogens (tertiary/aromatic N) is 2. The molecule has 0 atom stereocenters. The van der Waals surface area contributed by atoms with Crippen molar-refractivity contribution < 1.29 is 14.3 Å². The highest BCUT2D eigenvalue weighted by molar-refractivity contribution is 14.1. The van der Waals surface area contributed by atoms with Crippen LogP contribution >= 0.6 is 22.6 Å². The number of aromatic nitrogens is 2. The van der Waals surface area contributed by atoms with Crippen molar-refractivity contribution >= 4 is 45.6 Å². The number of amides is 1. The van der Waals surface area contributed by atoms with Gasteiger partial charge in [0.15, 0.2) is 18.1 Å². The quantitative estimate of drug-likeness (QED) is 0.391. The summed E-state index contributed by atoms with van der Waals surface area (Å²) in [7, 11) is 1.45. The molecule has 2 aromatic carbocycles. The zero-order valence-electron chi connectivity index (χ0n) is 14.6. The number of nitrogens with two attached hydrogens (primary N) is 1. The summed E-state index contributed by atoms with van der Waals surface area (Å²) in [4.78, 5) is 38.2. The number of nitrogens with one attached hydrogen (secondary N) is 1. The smallest absolute Gasteiger partial charge is 0.349 e. The van der Waals surface area contributed by atoms with Gasteiger partial charge >= 0.3 is 5.69 Å². The van der Waals surface area contributed by atoms with Crippen molar-refractivity contribution in [2.45, 2.75) is 0 Å². The molecule has 0 spiro atoms. The Kier molecular flexibility index (Phi) is 5.78. The molecule has 0 fully saturated rings. The number of benzene rings is 2. The van der Waals surface area contributed by atoms with Crippen LogP contribution in [-0.2, 0) is 4.79 Å². The molecule has 3 rings (SSSR count). The molecule has 144 valence electrons. The highest BCUT2D eigenvalue weighted by atomic mass is 127. The Morgan fingerprint density at radius 2 is 2.07 bits per heavy atom. The Morgan fingerprint density at radius 1 is 1.32 bits per heavy atom. The van der Waals surface area contributed by atoms with Gasteiger partial charge in [0.25, 0.3) is 11.5 Å². The Balaban J connectivity index is 2.00. The summed E-state index contributed by atoms with van der Waals surface area (Å²) in [6.07, 6.45) is 1.36. The van der Waals surface area contributed by atoms with Gasteiger partial charge in [-0.1, -0.05) is 12.1 Å². The number of H-pyrrole nitrogens is 1. The van der Waals surface area contributed by atoms with E-state index in [1.165, 1.54) is 13.3 Å². The van der Waals surface area contributed by atoms with Crippen LogP contribution in [0.4, 0.5) is 0 Å². The minimum Gasteiger partial charge on any atom is -0.493 e. The summed E-state index contributed by atoms with van der Waals surface area (Å²) < 4.78 is 12.0. The number of hydrogen-bond donors (Lipinski definition) is 2. The van der Waals surface area contributed by atoms with Crippen molar-refractivity contribution in [2.24, 2.45) is 10.8 Å². The lowest BCUT2D eigenvalue weighted by atomic mass is 10.2. The second-order valence-corrected chi connectivity index (χ2v) is 6.79. The van der Waals surface area contributed by atoms with Crippen LogP contribution in [0.3, 0.4) is 0 Å². The lowest BCUT2D eigenvalue weighted by Crippen LogP contribution is -2.32. The third kappa shape index (κ3) is 4.06. The number of rotatable bonds is 6. The molecule has 0 aliphatic heterocycles. The van der Waals surface area contributed by atoms with E-state index >= 15 is 0 Å². The van der Waals surface area contributed by atoms with E-state index in [9.17, 15) is 14.4 Å². The molecule has 1 amide bonds. The molecule has 3 N–H and O–H groups in total. The maximum absolute atomic E-state index is 12.5. The molecule has 0 aliphatic carbocycles. The molecule has 0 saturated heterocycles. The molecule has 0 aliphatic rings. The standard InChI is InChI=1S/C18H15IN4O5/c1-27-14-7-10(6-12(19)16(14)28-9-15(20)24)8-21-23-17(25)11-4-2-3-5-13(11)22-18(23)26/h2-8H,9H2,1H3,(H2,20,24)(H,22,26). The maximum atomic E-state index is 12.5. The average molecular weight is 494 g/mol. The van der Waals surface area contributed by atoms with Gasteiger partial charge in [-0.2, -0.15) is 5.10 Å². The van der Waals surface area contributed by atoms with E-state index in [0.717, 1.165) is 4.68 Å². The lowest BCUT2D eigenvalue weighted by molar-refractivity contribution is -0.119. The summed E-state index contributed by atoms with van der Waals surface area (Å²) in [6, 6.07) is 9.97. The normalized spacial score (nSPS) is 11.1. The molecule has 28 heavy (non-hydrogen) atoms. The Labute approximate surface area is 171 Å². The van der Waals surface area contributed by atoms with Crippen LogP contribution < -0.4 is 26.5 Å². The molecule has 9 nitrogen and oxygen atoms in total. The van der Waals surface area contributed by atoms with Crippen LogP contribution in [0.5, 0.6) is 11.5 Å². The number of hydrogen-bond acceptors (Lipinski definition) is 6. The molecule has 0 radical (unpaired) electrons. The average Bonchev–Trinajstić information content (AvgIpc) is 2.66. The molecule has 1 aromatic heterocycles. The molecule has 0 bridgehead atoms. The number of para-hydroxylation sites is 1. The van der Waals surface area contributed by atoms with Gasteiger partial charge in [0.05, 0.1) is 27.8 Å². The highest BCUT2D eigenvalue weighted by Crippen LogP contribution is 2.33. The first-order chi connectivity index (χ1) is 13.4. The fraction of sp³-hybridized carbons (Fsp3) is 0.111. The highest BCUT2D eigenvalue weighted by Gasteiger charge is 2.12. The minimum atomic E-state index is -0.650. The van der Waals surface area contributed by atoms with Gasteiger partial charge in [-0.3, -0.25) is 9.59 Å². The van der Waals surface area contributed by atoms with Crippen LogP contribution in [0.2, 0.25) is 0 Å². The van der Waals surface area contributed by atoms with Gasteiger partial charge in [-0.25, -0.2) is 4.79 Å². The van der Waals surface area contributed by atoms with E-state index < -0.39 is 17.2 Å². The number of carbonyl (C=O) groups excluding carboxylic acids is 1. The van der Waals surface area contributed by atoms with Gasteiger partial charge in [0.2, 0.25) is 0 Å². The summed E-state index contributed by atoms with van der Waals surface area (Å²) in [5.41, 5.74) is 4.92. The molecular formula is C18H15IN4O5. The third-order valence-corrected chi connectivity index (χ3v) is 4.52. The van der Waals surface area contributed by atoms with E-state index in [2.05, 4.69) is 10.1 Å². The zero-order chi connectivity index (χ0) is 20.3. The molecule has 0 saturated carbocycles. The molecule has 0 unspecified atom stereocenters. The molecule has 3 aromatic rings. The fourth-order valence-corrected chi connectivity index (χ4v) is 3.26. The number of carbonyl (C=O) groups is 1. The predicted octanol–water partition coefficient (Wildman–Crippen LogP) is 1.05. The number of primary amides is 1. The van der Waals surface area contributed by atoms with E-state index in [1.54, 1.807) is 36.4 Å². The van der Waals surface area contributed by atoms with Crippen LogP contribution in [-0.4, -0.2) is 35.5 Å². The summed E-state index contributed by atoms with van der Waals surface area (Å²) in [5, 5.41) is 4.36. The fourth-order valence-electron chi connectivity index (χ4n) is 2.48. The van der Waals surface area contributed by atoms with Crippen LogP contribution in [0.15, 0.2) is 51.1 Å². The molecule has 10 heteroatoms. The van der Waals surface area contributed by atoms with E-state index in [0.29, 0.717) is 31.5 Å². The van der Waals surface area contributed by atoms with Crippen molar-refractivity contribution in [3.8, 4) is 11.5 Å². The van der Waals surface area contributed by atoms with Crippen LogP contribution in [0, 0.1) is 3.57 Å². The first-order valence-electron chi connectivity index (χ1n) is 7.97. The number of methoxy groups -OCH3 is 1. The SMILES string of the molecule is COc1cc(C=Nn2c(=O)[nH]c3ccccc3c2=O)cc(I)c1OCC(N)=O. The predicted molar refractivity (Wildman–Crippen MR) is 112 cm³/mol. The first kappa shape index (κ1) is 19.6. The monoisotopic (exact) mass is 494 g/mol. The van der Waals surface area contributed by atoms with Crippen molar-refractivity contribution in [3.05, 3.63) is 66.4 Å². The second kappa shape index (κ2) is 8.25. The number of halogens is 1. The van der Waals surface area contributed by atoms with Gasteiger partial charge in [-0.15, -0.1) is 4.68 Å². The maximum Gasteiger partial charge on any atom is 0.349 e. The number of aromatic amines is 1. The lowest BCUT2D eigenvalue weighted by Gasteiger charge is -2.12. The van der Waals surface area contributed by atoms with Crippen molar-refractivity contribution in [1.82, 2.24) is 9.66 Å². The van der Waals surface area contributed by atoms with E-state index in [1.807, 2.05) is 22.6 Å². The van der Waals surface area contributed by atoms with Crippen molar-refractivity contribution in [2.75, 3.05) is 13.7 Å². The van der Waals surface area contributed by atoms with Gasteiger partial charge < -0.3 is 20.2 Å². The number of fused-ring (bicyclic) bond motifs is 1. The second-order valence-electron chi connectivity index (χ2n) is 5.63. The molecular weight excluding hydrogens is 479 g/mol. The van der Waals surface area contributed by atoms with Crippen molar-refractivity contribution in [3.63, 3.8) is 0 Å². The van der Waals surface area contributed by atoms with Crippen LogP contribution in [0.1, 0.15) is 5.56 Å². The Morgan fingerprint density at radius 3 is 2.79 bits per heavy atom. The number of ether oxygens (including phenoxy) is 2. The van der Waals surface area contributed by atoms with Gasteiger partial charge in [0.1, 0.15) is 0 Å². The third-order valence-electron chi connectivity index (χ3n) is 3.72.